The summed E-state index contributed by atoms with van der Waals surface area (Å²) in [5.41, 5.74) is 6.00. The van der Waals surface area contributed by atoms with Gasteiger partial charge in [0.05, 0.1) is 12.8 Å². The lowest BCUT2D eigenvalue weighted by molar-refractivity contribution is 0.0949. The molecule has 0 atom stereocenters. The third kappa shape index (κ3) is 3.57. The van der Waals surface area contributed by atoms with Gasteiger partial charge in [0.2, 0.25) is 0 Å². The summed E-state index contributed by atoms with van der Waals surface area (Å²) in [7, 11) is 1.66. The van der Waals surface area contributed by atoms with Crippen molar-refractivity contribution in [2.24, 2.45) is 0 Å². The summed E-state index contributed by atoms with van der Waals surface area (Å²) in [5, 5.41) is 13.3. The highest BCUT2D eigenvalue weighted by atomic mass is 16.5. The Hall–Kier alpha value is -3.12. The van der Waals surface area contributed by atoms with Crippen LogP contribution in [0.1, 0.15) is 27.0 Å². The molecule has 0 fully saturated rings. The molecule has 6 heteroatoms. The molecule has 0 saturated carbocycles. The normalized spacial score (nSPS) is 13.1. The number of hydrogen-bond donors (Lipinski definition) is 3. The first-order valence-electron chi connectivity index (χ1n) is 9.02. The van der Waals surface area contributed by atoms with E-state index >= 15 is 0 Å². The minimum absolute atomic E-state index is 0.0477. The van der Waals surface area contributed by atoms with Crippen LogP contribution < -0.4 is 15.4 Å². The number of methoxy groups -OCH3 is 1. The number of carbonyl (C=O) groups is 1. The van der Waals surface area contributed by atoms with Gasteiger partial charge in [-0.1, -0.05) is 24.3 Å². The fourth-order valence-electron chi connectivity index (χ4n) is 3.48. The molecule has 0 spiro atoms. The summed E-state index contributed by atoms with van der Waals surface area (Å²) in [5.74, 6) is 0.789. The molecule has 1 aromatic heterocycles. The highest BCUT2D eigenvalue weighted by Gasteiger charge is 2.20. The third-order valence-corrected chi connectivity index (χ3v) is 4.93. The SMILES string of the molecule is COc1ccc(C(=O)NCc2ccc(-c3ccn[nH]3)cc2)c2c1CNCC2. The van der Waals surface area contributed by atoms with E-state index in [9.17, 15) is 4.79 Å². The van der Waals surface area contributed by atoms with E-state index in [0.717, 1.165) is 58.8 Å². The van der Waals surface area contributed by atoms with Crippen LogP contribution >= 0.6 is 0 Å². The number of amides is 1. The number of hydrogen-bond acceptors (Lipinski definition) is 4. The van der Waals surface area contributed by atoms with E-state index in [4.69, 9.17) is 4.74 Å². The zero-order chi connectivity index (χ0) is 18.6. The van der Waals surface area contributed by atoms with Crippen LogP contribution in [0.5, 0.6) is 5.75 Å². The maximum atomic E-state index is 12.8. The van der Waals surface area contributed by atoms with Gasteiger partial charge in [-0.2, -0.15) is 5.10 Å². The van der Waals surface area contributed by atoms with Crippen LogP contribution in [0.4, 0.5) is 0 Å². The van der Waals surface area contributed by atoms with Crippen LogP contribution in [0.25, 0.3) is 11.3 Å². The van der Waals surface area contributed by atoms with Crippen molar-refractivity contribution in [1.29, 1.82) is 0 Å². The molecule has 6 nitrogen and oxygen atoms in total. The molecular formula is C21H22N4O2. The number of benzene rings is 2. The molecule has 2 heterocycles. The number of aromatic amines is 1. The van der Waals surface area contributed by atoms with E-state index in [-0.39, 0.29) is 5.91 Å². The van der Waals surface area contributed by atoms with Crippen LogP contribution in [-0.4, -0.2) is 29.8 Å². The molecule has 4 rings (SSSR count). The zero-order valence-electron chi connectivity index (χ0n) is 15.2. The van der Waals surface area contributed by atoms with Gasteiger partial charge in [-0.15, -0.1) is 0 Å². The summed E-state index contributed by atoms with van der Waals surface area (Å²) < 4.78 is 5.44. The average molecular weight is 362 g/mol. The average Bonchev–Trinajstić information content (AvgIpc) is 3.26. The molecule has 0 unspecified atom stereocenters. The van der Waals surface area contributed by atoms with Crippen LogP contribution in [0.2, 0.25) is 0 Å². The molecule has 3 aromatic rings. The van der Waals surface area contributed by atoms with Crippen molar-refractivity contribution in [1.82, 2.24) is 20.8 Å². The molecule has 27 heavy (non-hydrogen) atoms. The highest BCUT2D eigenvalue weighted by Crippen LogP contribution is 2.28. The Kier molecular flexibility index (Phi) is 4.89. The summed E-state index contributed by atoms with van der Waals surface area (Å²) in [6.07, 6.45) is 2.56. The van der Waals surface area contributed by atoms with Gasteiger partial charge in [-0.25, -0.2) is 0 Å². The smallest absolute Gasteiger partial charge is 0.251 e. The maximum Gasteiger partial charge on any atom is 0.251 e. The molecule has 0 saturated heterocycles. The van der Waals surface area contributed by atoms with E-state index in [0.29, 0.717) is 6.54 Å². The summed E-state index contributed by atoms with van der Waals surface area (Å²) in [6, 6.07) is 13.7. The van der Waals surface area contributed by atoms with Crippen LogP contribution in [0, 0.1) is 0 Å². The Morgan fingerprint density at radius 3 is 2.74 bits per heavy atom. The van der Waals surface area contributed by atoms with Gasteiger partial charge in [0, 0.05) is 30.4 Å². The predicted molar refractivity (Wildman–Crippen MR) is 104 cm³/mol. The van der Waals surface area contributed by atoms with Gasteiger partial charge in [-0.3, -0.25) is 9.89 Å². The largest absolute Gasteiger partial charge is 0.496 e. The van der Waals surface area contributed by atoms with Gasteiger partial charge >= 0.3 is 0 Å². The first kappa shape index (κ1) is 17.3. The Bertz CT molecular complexity index is 934. The molecule has 0 radical (unpaired) electrons. The molecule has 0 bridgehead atoms. The number of nitrogens with zero attached hydrogens (tertiary/aromatic N) is 1. The maximum absolute atomic E-state index is 12.8. The topological polar surface area (TPSA) is 79.0 Å². The second-order valence-electron chi connectivity index (χ2n) is 6.55. The molecule has 1 aliphatic rings. The minimum Gasteiger partial charge on any atom is -0.496 e. The molecule has 0 aliphatic carbocycles. The van der Waals surface area contributed by atoms with Crippen molar-refractivity contribution in [3.8, 4) is 17.0 Å². The Labute approximate surface area is 158 Å². The molecule has 2 aromatic carbocycles. The monoisotopic (exact) mass is 362 g/mol. The number of rotatable bonds is 5. The lowest BCUT2D eigenvalue weighted by Crippen LogP contribution is -2.29. The van der Waals surface area contributed by atoms with Crippen LogP contribution in [0.15, 0.2) is 48.7 Å². The van der Waals surface area contributed by atoms with Gasteiger partial charge in [0.1, 0.15) is 5.75 Å². The number of fused-ring (bicyclic) bond motifs is 1. The van der Waals surface area contributed by atoms with Crippen molar-refractivity contribution in [3.05, 3.63) is 70.9 Å². The third-order valence-electron chi connectivity index (χ3n) is 4.93. The zero-order valence-corrected chi connectivity index (χ0v) is 15.2. The number of carbonyl (C=O) groups excluding carboxylic acids is 1. The van der Waals surface area contributed by atoms with E-state index < -0.39 is 0 Å². The lowest BCUT2D eigenvalue weighted by Gasteiger charge is -2.22. The number of nitrogens with one attached hydrogen (secondary N) is 3. The standard InChI is InChI=1S/C21H22N4O2/c1-27-20-7-6-17(16-8-10-22-13-18(16)20)21(26)23-12-14-2-4-15(5-3-14)19-9-11-24-25-19/h2-7,9,11,22H,8,10,12-13H2,1H3,(H,23,26)(H,24,25). The first-order valence-corrected chi connectivity index (χ1v) is 9.02. The van der Waals surface area contributed by atoms with Crippen LogP contribution in [0.3, 0.4) is 0 Å². The van der Waals surface area contributed by atoms with Gasteiger partial charge < -0.3 is 15.4 Å². The van der Waals surface area contributed by atoms with Crippen molar-refractivity contribution in [2.75, 3.05) is 13.7 Å². The summed E-state index contributed by atoms with van der Waals surface area (Å²) >= 11 is 0. The quantitative estimate of drug-likeness (QED) is 0.652. The molecular weight excluding hydrogens is 340 g/mol. The Morgan fingerprint density at radius 1 is 1.15 bits per heavy atom. The Balaban J connectivity index is 1.47. The van der Waals surface area contributed by atoms with E-state index in [1.807, 2.05) is 42.5 Å². The van der Waals surface area contributed by atoms with Gasteiger partial charge in [-0.05, 0) is 47.9 Å². The van der Waals surface area contributed by atoms with E-state index in [1.165, 1.54) is 0 Å². The van der Waals surface area contributed by atoms with E-state index in [2.05, 4.69) is 20.8 Å². The summed E-state index contributed by atoms with van der Waals surface area (Å²) in [6.45, 7) is 2.09. The fraction of sp³-hybridized carbons (Fsp3) is 0.238. The second-order valence-corrected chi connectivity index (χ2v) is 6.55. The second kappa shape index (κ2) is 7.63. The van der Waals surface area contributed by atoms with Crippen molar-refractivity contribution in [3.63, 3.8) is 0 Å². The molecule has 1 amide bonds. The van der Waals surface area contributed by atoms with Crippen molar-refractivity contribution in [2.45, 2.75) is 19.5 Å². The molecule has 1 aliphatic heterocycles. The van der Waals surface area contributed by atoms with Crippen molar-refractivity contribution >= 4 is 5.91 Å². The number of ether oxygens (including phenoxy) is 1. The number of H-pyrrole nitrogens is 1. The van der Waals surface area contributed by atoms with Crippen molar-refractivity contribution < 1.29 is 9.53 Å². The number of aromatic nitrogens is 2. The molecule has 138 valence electrons. The Morgan fingerprint density at radius 2 is 2.00 bits per heavy atom. The van der Waals surface area contributed by atoms with E-state index in [1.54, 1.807) is 13.3 Å². The summed E-state index contributed by atoms with van der Waals surface area (Å²) in [4.78, 5) is 12.8. The fourth-order valence-corrected chi connectivity index (χ4v) is 3.48. The van der Waals surface area contributed by atoms with Crippen LogP contribution in [-0.2, 0) is 19.5 Å². The van der Waals surface area contributed by atoms with Gasteiger partial charge in [0.15, 0.2) is 0 Å². The predicted octanol–water partition coefficient (Wildman–Crippen LogP) is 2.66. The van der Waals surface area contributed by atoms with Gasteiger partial charge in [0.25, 0.3) is 5.91 Å². The minimum atomic E-state index is -0.0477. The lowest BCUT2D eigenvalue weighted by atomic mass is 9.94. The first-order chi connectivity index (χ1) is 13.3. The highest BCUT2D eigenvalue weighted by molar-refractivity contribution is 5.96. The molecule has 3 N–H and O–H groups in total.